The van der Waals surface area contributed by atoms with E-state index in [-0.39, 0.29) is 5.69 Å². The first-order valence-corrected chi connectivity index (χ1v) is 8.41. The van der Waals surface area contributed by atoms with Gasteiger partial charge in [0.05, 0.1) is 10.6 Å². The molecule has 0 aliphatic rings. The number of rotatable bonds is 5. The number of hydrogen-bond acceptors (Lipinski definition) is 2. The Morgan fingerprint density at radius 1 is 1.23 bits per heavy atom. The van der Waals surface area contributed by atoms with Crippen LogP contribution in [-0.4, -0.2) is 12.0 Å². The van der Waals surface area contributed by atoms with E-state index >= 15 is 0 Å². The molecule has 0 aromatic heterocycles. The maximum atomic E-state index is 12.9. The standard InChI is InChI=1S/C19H19ClF3NO2/c1-4-16(26-17-7-5-6-11(2)12(17)3)18(25)24-13-8-9-15(20)14(10-13)19(21,22)23/h5-10,16H,4H2,1-3H3,(H,24,25)/t16-/m1/s1. The van der Waals surface area contributed by atoms with Crippen molar-refractivity contribution >= 4 is 23.2 Å². The molecule has 3 nitrogen and oxygen atoms in total. The first-order valence-electron chi connectivity index (χ1n) is 8.04. The number of halogens is 4. The minimum absolute atomic E-state index is 0.00902. The maximum Gasteiger partial charge on any atom is 0.417 e. The zero-order valence-electron chi connectivity index (χ0n) is 14.6. The summed E-state index contributed by atoms with van der Waals surface area (Å²) in [6, 6.07) is 8.73. The molecule has 26 heavy (non-hydrogen) atoms. The highest BCUT2D eigenvalue weighted by molar-refractivity contribution is 6.31. The summed E-state index contributed by atoms with van der Waals surface area (Å²) in [6.07, 6.45) is -5.07. The lowest BCUT2D eigenvalue weighted by Gasteiger charge is -2.20. The van der Waals surface area contributed by atoms with Crippen molar-refractivity contribution in [3.63, 3.8) is 0 Å². The van der Waals surface area contributed by atoms with Gasteiger partial charge < -0.3 is 10.1 Å². The average Bonchev–Trinajstić information content (AvgIpc) is 2.56. The van der Waals surface area contributed by atoms with Crippen molar-refractivity contribution in [1.82, 2.24) is 0 Å². The normalized spacial score (nSPS) is 12.6. The molecule has 1 atom stereocenters. The Hall–Kier alpha value is -2.21. The van der Waals surface area contributed by atoms with Crippen molar-refractivity contribution in [3.05, 3.63) is 58.1 Å². The van der Waals surface area contributed by atoms with Crippen molar-refractivity contribution in [1.29, 1.82) is 0 Å². The number of nitrogens with one attached hydrogen (secondary N) is 1. The Morgan fingerprint density at radius 2 is 1.92 bits per heavy atom. The summed E-state index contributed by atoms with van der Waals surface area (Å²) in [4.78, 5) is 12.4. The highest BCUT2D eigenvalue weighted by atomic mass is 35.5. The van der Waals surface area contributed by atoms with E-state index in [9.17, 15) is 18.0 Å². The molecule has 7 heteroatoms. The van der Waals surface area contributed by atoms with E-state index in [1.165, 1.54) is 6.07 Å². The Morgan fingerprint density at radius 3 is 2.54 bits per heavy atom. The van der Waals surface area contributed by atoms with Crippen LogP contribution in [0.5, 0.6) is 5.75 Å². The summed E-state index contributed by atoms with van der Waals surface area (Å²) >= 11 is 5.59. The first kappa shape index (κ1) is 20.1. The van der Waals surface area contributed by atoms with Crippen LogP contribution in [0.25, 0.3) is 0 Å². The van der Waals surface area contributed by atoms with E-state index in [1.54, 1.807) is 13.0 Å². The molecule has 2 aromatic carbocycles. The molecule has 0 saturated heterocycles. The minimum Gasteiger partial charge on any atom is -0.480 e. The average molecular weight is 386 g/mol. The number of hydrogen-bond donors (Lipinski definition) is 1. The Kier molecular flexibility index (Phi) is 6.18. The molecule has 1 amide bonds. The van der Waals surface area contributed by atoms with Crippen LogP contribution < -0.4 is 10.1 Å². The van der Waals surface area contributed by atoms with E-state index in [4.69, 9.17) is 16.3 Å². The van der Waals surface area contributed by atoms with E-state index in [0.717, 1.165) is 23.3 Å². The topological polar surface area (TPSA) is 38.3 Å². The van der Waals surface area contributed by atoms with Crippen molar-refractivity contribution < 1.29 is 22.7 Å². The van der Waals surface area contributed by atoms with Gasteiger partial charge in [-0.2, -0.15) is 13.2 Å². The molecule has 0 unspecified atom stereocenters. The number of ether oxygens (including phenoxy) is 1. The number of carbonyl (C=O) groups is 1. The van der Waals surface area contributed by atoms with Gasteiger partial charge >= 0.3 is 6.18 Å². The largest absolute Gasteiger partial charge is 0.480 e. The van der Waals surface area contributed by atoms with E-state index in [1.807, 2.05) is 26.0 Å². The molecule has 0 fully saturated rings. The van der Waals surface area contributed by atoms with Crippen LogP contribution >= 0.6 is 11.6 Å². The van der Waals surface area contributed by atoms with Gasteiger partial charge in [-0.1, -0.05) is 30.7 Å². The quantitative estimate of drug-likeness (QED) is 0.709. The Labute approximate surface area is 155 Å². The lowest BCUT2D eigenvalue weighted by atomic mass is 10.1. The van der Waals surface area contributed by atoms with Crippen molar-refractivity contribution in [2.75, 3.05) is 5.32 Å². The molecule has 140 valence electrons. The third kappa shape index (κ3) is 4.69. The SMILES string of the molecule is CC[C@@H](Oc1cccc(C)c1C)C(=O)Nc1ccc(Cl)c(C(F)(F)F)c1. The molecule has 0 spiro atoms. The fourth-order valence-electron chi connectivity index (χ4n) is 2.37. The number of carbonyl (C=O) groups excluding carboxylic acids is 1. The van der Waals surface area contributed by atoms with E-state index in [2.05, 4.69) is 5.32 Å². The van der Waals surface area contributed by atoms with Crippen LogP contribution in [0.3, 0.4) is 0 Å². The lowest BCUT2D eigenvalue weighted by Crippen LogP contribution is -2.32. The molecule has 2 aromatic rings. The highest BCUT2D eigenvalue weighted by Gasteiger charge is 2.33. The van der Waals surface area contributed by atoms with Crippen LogP contribution in [0, 0.1) is 13.8 Å². The molecule has 0 bridgehead atoms. The molecule has 0 radical (unpaired) electrons. The molecule has 0 heterocycles. The number of amides is 1. The zero-order valence-corrected chi connectivity index (χ0v) is 15.3. The van der Waals surface area contributed by atoms with Crippen molar-refractivity contribution in [2.24, 2.45) is 0 Å². The third-order valence-corrected chi connectivity index (χ3v) is 4.36. The number of alkyl halides is 3. The summed E-state index contributed by atoms with van der Waals surface area (Å²) in [6.45, 7) is 5.57. The van der Waals surface area contributed by atoms with Gasteiger partial charge in [-0.15, -0.1) is 0 Å². The summed E-state index contributed by atoms with van der Waals surface area (Å²) < 4.78 is 44.6. The van der Waals surface area contributed by atoms with Crippen LogP contribution in [-0.2, 0) is 11.0 Å². The summed E-state index contributed by atoms with van der Waals surface area (Å²) in [5.74, 6) is 0.0444. The molecule has 0 aliphatic heterocycles. The number of anilines is 1. The van der Waals surface area contributed by atoms with Crippen LogP contribution in [0.1, 0.15) is 30.0 Å². The van der Waals surface area contributed by atoms with Gasteiger partial charge in [-0.05, 0) is 55.7 Å². The second kappa shape index (κ2) is 7.99. The highest BCUT2D eigenvalue weighted by Crippen LogP contribution is 2.36. The smallest absolute Gasteiger partial charge is 0.417 e. The second-order valence-electron chi connectivity index (χ2n) is 5.89. The molecule has 0 saturated carbocycles. The third-order valence-electron chi connectivity index (χ3n) is 4.03. The Balaban J connectivity index is 2.18. The van der Waals surface area contributed by atoms with Gasteiger partial charge in [0.2, 0.25) is 0 Å². The van der Waals surface area contributed by atoms with E-state index < -0.39 is 28.8 Å². The molecule has 1 N–H and O–H groups in total. The van der Waals surface area contributed by atoms with Crippen LogP contribution in [0.15, 0.2) is 36.4 Å². The molecule has 2 rings (SSSR count). The van der Waals surface area contributed by atoms with Gasteiger partial charge in [0.1, 0.15) is 5.75 Å². The zero-order chi connectivity index (χ0) is 19.5. The lowest BCUT2D eigenvalue weighted by molar-refractivity contribution is -0.137. The monoisotopic (exact) mass is 385 g/mol. The number of benzene rings is 2. The predicted octanol–water partition coefficient (Wildman–Crippen LogP) is 5.77. The number of aryl methyl sites for hydroxylation is 1. The molecular weight excluding hydrogens is 367 g/mol. The summed E-state index contributed by atoms with van der Waals surface area (Å²) in [5, 5.41) is 2.04. The van der Waals surface area contributed by atoms with Gasteiger partial charge in [0, 0.05) is 5.69 Å². The maximum absolute atomic E-state index is 12.9. The van der Waals surface area contributed by atoms with Gasteiger partial charge in [-0.25, -0.2) is 0 Å². The minimum atomic E-state index is -4.60. The van der Waals surface area contributed by atoms with E-state index in [0.29, 0.717) is 12.2 Å². The van der Waals surface area contributed by atoms with Gasteiger partial charge in [0.25, 0.3) is 5.91 Å². The second-order valence-corrected chi connectivity index (χ2v) is 6.30. The predicted molar refractivity (Wildman–Crippen MR) is 95.7 cm³/mol. The summed E-state index contributed by atoms with van der Waals surface area (Å²) in [7, 11) is 0. The van der Waals surface area contributed by atoms with Crippen LogP contribution in [0.2, 0.25) is 5.02 Å². The Bertz CT molecular complexity index is 806. The van der Waals surface area contributed by atoms with Crippen molar-refractivity contribution in [2.45, 2.75) is 39.5 Å². The molecular formula is C19H19ClF3NO2. The van der Waals surface area contributed by atoms with Crippen LogP contribution in [0.4, 0.5) is 18.9 Å². The molecule has 0 aliphatic carbocycles. The van der Waals surface area contributed by atoms with Gasteiger partial charge in [-0.3, -0.25) is 4.79 Å². The summed E-state index contributed by atoms with van der Waals surface area (Å²) in [5.41, 5.74) is 0.935. The van der Waals surface area contributed by atoms with Crippen molar-refractivity contribution in [3.8, 4) is 5.75 Å². The fraction of sp³-hybridized carbons (Fsp3) is 0.316. The fourth-order valence-corrected chi connectivity index (χ4v) is 2.60. The van der Waals surface area contributed by atoms with Gasteiger partial charge in [0.15, 0.2) is 6.10 Å². The first-order chi connectivity index (χ1) is 12.1.